The molecule has 0 spiro atoms. The second-order valence-corrected chi connectivity index (χ2v) is 7.32. The van der Waals surface area contributed by atoms with E-state index in [1.807, 2.05) is 20.7 Å². The number of urea groups is 1. The van der Waals surface area contributed by atoms with Crippen LogP contribution in [0.1, 0.15) is 44.0 Å². The third kappa shape index (κ3) is 3.18. The van der Waals surface area contributed by atoms with Gasteiger partial charge in [0.1, 0.15) is 0 Å². The Morgan fingerprint density at radius 3 is 2.74 bits per heavy atom. The zero-order valence-electron chi connectivity index (χ0n) is 14.1. The van der Waals surface area contributed by atoms with Crippen molar-refractivity contribution < 1.29 is 9.59 Å². The first-order valence-electron chi connectivity index (χ1n) is 8.25. The zero-order valence-corrected chi connectivity index (χ0v) is 14.1. The number of carbonyl (C=O) groups excluding carboxylic acids is 2. The van der Waals surface area contributed by atoms with Gasteiger partial charge in [-0.1, -0.05) is 0 Å². The first-order chi connectivity index (χ1) is 10.9. The predicted octanol–water partition coefficient (Wildman–Crippen LogP) is 1.27. The third-order valence-electron chi connectivity index (χ3n) is 4.53. The van der Waals surface area contributed by atoms with Crippen molar-refractivity contribution in [2.45, 2.75) is 45.2 Å². The topological polar surface area (TPSA) is 70.5 Å². The monoisotopic (exact) mass is 319 g/mol. The van der Waals surface area contributed by atoms with E-state index in [-0.39, 0.29) is 23.5 Å². The summed E-state index contributed by atoms with van der Waals surface area (Å²) >= 11 is 0. The highest BCUT2D eigenvalue weighted by Gasteiger charge is 2.33. The largest absolute Gasteiger partial charge is 0.336 e. The summed E-state index contributed by atoms with van der Waals surface area (Å²) in [6, 6.07) is 0.109. The van der Waals surface area contributed by atoms with Gasteiger partial charge in [0.25, 0.3) is 5.91 Å². The van der Waals surface area contributed by atoms with E-state index >= 15 is 0 Å². The highest BCUT2D eigenvalue weighted by atomic mass is 16.2. The molecule has 2 fully saturated rings. The molecule has 1 unspecified atom stereocenters. The van der Waals surface area contributed by atoms with E-state index in [1.54, 1.807) is 6.20 Å². The molecule has 7 heteroatoms. The van der Waals surface area contributed by atoms with E-state index in [2.05, 4.69) is 31.2 Å². The summed E-state index contributed by atoms with van der Waals surface area (Å²) in [6.45, 7) is 8.93. The Bertz CT molecular complexity index is 604. The number of nitrogens with one attached hydrogen (secondary N) is 1. The Kier molecular flexibility index (Phi) is 4.04. The van der Waals surface area contributed by atoms with Crippen LogP contribution in [-0.2, 0) is 5.54 Å². The first-order valence-corrected chi connectivity index (χ1v) is 8.25. The summed E-state index contributed by atoms with van der Waals surface area (Å²) in [5, 5.41) is 7.14. The highest BCUT2D eigenvalue weighted by molar-refractivity contribution is 5.93. The number of carbonyl (C=O) groups is 2. The molecule has 23 heavy (non-hydrogen) atoms. The van der Waals surface area contributed by atoms with Gasteiger partial charge in [-0.2, -0.15) is 5.10 Å². The van der Waals surface area contributed by atoms with Gasteiger partial charge in [-0.25, -0.2) is 4.79 Å². The minimum atomic E-state index is -0.142. The Morgan fingerprint density at radius 2 is 2.13 bits per heavy atom. The van der Waals surface area contributed by atoms with Gasteiger partial charge in [-0.15, -0.1) is 0 Å². The van der Waals surface area contributed by atoms with Crippen LogP contribution in [0.25, 0.3) is 0 Å². The van der Waals surface area contributed by atoms with E-state index in [1.165, 1.54) is 0 Å². The number of hydrogen-bond donors (Lipinski definition) is 1. The molecule has 2 aliphatic heterocycles. The van der Waals surface area contributed by atoms with E-state index in [9.17, 15) is 9.59 Å². The number of amides is 3. The fraction of sp³-hybridized carbons (Fsp3) is 0.688. The van der Waals surface area contributed by atoms with Crippen molar-refractivity contribution in [1.29, 1.82) is 0 Å². The Hall–Kier alpha value is -2.05. The van der Waals surface area contributed by atoms with Crippen molar-refractivity contribution in [3.63, 3.8) is 0 Å². The first kappa shape index (κ1) is 15.8. The van der Waals surface area contributed by atoms with Gasteiger partial charge in [0.15, 0.2) is 0 Å². The summed E-state index contributed by atoms with van der Waals surface area (Å²) < 4.78 is 1.82. The molecule has 3 heterocycles. The van der Waals surface area contributed by atoms with Crippen LogP contribution in [0.4, 0.5) is 4.79 Å². The quantitative estimate of drug-likeness (QED) is 0.892. The average Bonchev–Trinajstić information content (AvgIpc) is 3.15. The molecular formula is C16H25N5O2. The number of piperidine rings is 1. The Balaban J connectivity index is 1.69. The number of hydrogen-bond acceptors (Lipinski definition) is 3. The van der Waals surface area contributed by atoms with E-state index in [0.29, 0.717) is 18.7 Å². The summed E-state index contributed by atoms with van der Waals surface area (Å²) in [5.74, 6) is 0.00445. The van der Waals surface area contributed by atoms with Crippen LogP contribution in [0, 0.1) is 0 Å². The van der Waals surface area contributed by atoms with Gasteiger partial charge in [0, 0.05) is 32.4 Å². The predicted molar refractivity (Wildman–Crippen MR) is 86.3 cm³/mol. The molecule has 3 rings (SSSR count). The van der Waals surface area contributed by atoms with Crippen LogP contribution < -0.4 is 5.32 Å². The zero-order chi connectivity index (χ0) is 16.6. The third-order valence-corrected chi connectivity index (χ3v) is 4.53. The van der Waals surface area contributed by atoms with Gasteiger partial charge in [0.05, 0.1) is 23.3 Å². The van der Waals surface area contributed by atoms with Crippen LogP contribution in [0.3, 0.4) is 0 Å². The number of rotatable bonds is 2. The van der Waals surface area contributed by atoms with Crippen molar-refractivity contribution >= 4 is 11.9 Å². The molecule has 1 N–H and O–H groups in total. The second kappa shape index (κ2) is 5.86. The lowest BCUT2D eigenvalue weighted by molar-refractivity contribution is 0.0634. The Labute approximate surface area is 136 Å². The highest BCUT2D eigenvalue weighted by Crippen LogP contribution is 2.20. The minimum absolute atomic E-state index is 0.00445. The van der Waals surface area contributed by atoms with Gasteiger partial charge in [0.2, 0.25) is 0 Å². The number of nitrogens with zero attached hydrogens (tertiary/aromatic N) is 4. The minimum Gasteiger partial charge on any atom is -0.336 e. The maximum atomic E-state index is 12.7. The normalized spacial score (nSPS) is 22.4. The van der Waals surface area contributed by atoms with Crippen molar-refractivity contribution in [1.82, 2.24) is 24.9 Å². The van der Waals surface area contributed by atoms with Crippen molar-refractivity contribution in [2.75, 3.05) is 26.2 Å². The molecule has 2 aliphatic rings. The number of likely N-dealkylation sites (tertiary alicyclic amines) is 1. The molecule has 126 valence electrons. The molecule has 3 amide bonds. The van der Waals surface area contributed by atoms with Crippen molar-refractivity contribution in [3.8, 4) is 0 Å². The maximum absolute atomic E-state index is 12.7. The molecule has 0 aromatic carbocycles. The summed E-state index contributed by atoms with van der Waals surface area (Å²) in [5.41, 5.74) is 0.475. The second-order valence-electron chi connectivity index (χ2n) is 7.32. The Morgan fingerprint density at radius 1 is 1.35 bits per heavy atom. The molecule has 1 aromatic rings. The molecule has 0 radical (unpaired) electrons. The van der Waals surface area contributed by atoms with Crippen LogP contribution in [0.15, 0.2) is 12.4 Å². The molecule has 7 nitrogen and oxygen atoms in total. The van der Waals surface area contributed by atoms with E-state index < -0.39 is 0 Å². The fourth-order valence-electron chi connectivity index (χ4n) is 3.21. The van der Waals surface area contributed by atoms with Crippen LogP contribution in [0.5, 0.6) is 0 Å². The summed E-state index contributed by atoms with van der Waals surface area (Å²) in [7, 11) is 0. The molecule has 1 atom stereocenters. The van der Waals surface area contributed by atoms with Gasteiger partial charge in [-0.3, -0.25) is 9.48 Å². The van der Waals surface area contributed by atoms with Crippen molar-refractivity contribution in [3.05, 3.63) is 18.0 Å². The smallest absolute Gasteiger partial charge is 0.317 e. The van der Waals surface area contributed by atoms with E-state index in [4.69, 9.17) is 0 Å². The molecule has 0 saturated carbocycles. The summed E-state index contributed by atoms with van der Waals surface area (Å²) in [6.07, 6.45) is 5.33. The molecule has 0 aliphatic carbocycles. The maximum Gasteiger partial charge on any atom is 0.317 e. The van der Waals surface area contributed by atoms with Gasteiger partial charge in [-0.05, 0) is 33.6 Å². The summed E-state index contributed by atoms with van der Waals surface area (Å²) in [4.78, 5) is 28.3. The lowest BCUT2D eigenvalue weighted by Crippen LogP contribution is -2.50. The standard InChI is InChI=1S/C16H25N5O2/c1-16(2,3)21-10-12(9-18-21)14(22)19-7-4-5-13(11-19)20-8-6-17-15(20)23/h9-10,13H,4-8,11H2,1-3H3,(H,17,23). The molecule has 2 saturated heterocycles. The average molecular weight is 319 g/mol. The van der Waals surface area contributed by atoms with Crippen LogP contribution in [-0.4, -0.2) is 63.7 Å². The van der Waals surface area contributed by atoms with Crippen LogP contribution >= 0.6 is 0 Å². The molecule has 0 bridgehead atoms. The van der Waals surface area contributed by atoms with E-state index in [0.717, 1.165) is 25.9 Å². The van der Waals surface area contributed by atoms with Gasteiger partial charge < -0.3 is 15.1 Å². The molecular weight excluding hydrogens is 294 g/mol. The lowest BCUT2D eigenvalue weighted by atomic mass is 10.0. The SMILES string of the molecule is CC(C)(C)n1cc(C(=O)N2CCCC(N3CCNC3=O)C2)cn1. The van der Waals surface area contributed by atoms with Crippen molar-refractivity contribution in [2.24, 2.45) is 0 Å². The molecule has 1 aromatic heterocycles. The van der Waals surface area contributed by atoms with Crippen LogP contribution in [0.2, 0.25) is 0 Å². The lowest BCUT2D eigenvalue weighted by Gasteiger charge is -2.36. The van der Waals surface area contributed by atoms with Gasteiger partial charge >= 0.3 is 6.03 Å². The fourth-order valence-corrected chi connectivity index (χ4v) is 3.21. The number of aromatic nitrogens is 2.